The van der Waals surface area contributed by atoms with Crippen LogP contribution in [-0.2, 0) is 16.9 Å². The third-order valence-corrected chi connectivity index (χ3v) is 5.09. The molecule has 2 atom stereocenters. The minimum atomic E-state index is -0.514. The molecule has 0 saturated heterocycles. The number of aryl methyl sites for hydroxylation is 2. The highest BCUT2D eigenvalue weighted by atomic mass is 19.1. The van der Waals surface area contributed by atoms with Crippen LogP contribution in [0.5, 0.6) is 5.75 Å². The molecule has 0 aliphatic heterocycles. The lowest BCUT2D eigenvalue weighted by Crippen LogP contribution is -2.28. The first kappa shape index (κ1) is 18.5. The highest BCUT2D eigenvalue weighted by Gasteiger charge is 2.55. The quantitative estimate of drug-likeness (QED) is 0.815. The van der Waals surface area contributed by atoms with E-state index in [1.54, 1.807) is 19.9 Å². The van der Waals surface area contributed by atoms with Gasteiger partial charge in [0.25, 0.3) is 5.56 Å². The van der Waals surface area contributed by atoms with Crippen LogP contribution < -0.4 is 10.3 Å². The smallest absolute Gasteiger partial charge is 0.298 e. The molecule has 1 fully saturated rings. The second kappa shape index (κ2) is 7.17. The van der Waals surface area contributed by atoms with Gasteiger partial charge in [0, 0.05) is 18.4 Å². The summed E-state index contributed by atoms with van der Waals surface area (Å²) >= 11 is 0. The van der Waals surface area contributed by atoms with E-state index in [1.165, 1.54) is 23.8 Å². The number of halogens is 1. The van der Waals surface area contributed by atoms with Crippen molar-refractivity contribution in [3.8, 4) is 5.75 Å². The van der Waals surface area contributed by atoms with Crippen LogP contribution in [0.3, 0.4) is 0 Å². The highest BCUT2D eigenvalue weighted by Crippen LogP contribution is 2.54. The Labute approximate surface area is 151 Å². The summed E-state index contributed by atoms with van der Waals surface area (Å²) in [6.45, 7) is 3.72. The summed E-state index contributed by atoms with van der Waals surface area (Å²) in [5, 5.41) is 9.86. The van der Waals surface area contributed by atoms with E-state index in [4.69, 9.17) is 9.47 Å². The zero-order chi connectivity index (χ0) is 18.9. The normalized spacial score (nSPS) is 21.7. The van der Waals surface area contributed by atoms with Crippen LogP contribution in [0.15, 0.2) is 29.1 Å². The average Bonchev–Trinajstić information content (AvgIpc) is 3.33. The molecule has 1 aromatic carbocycles. The zero-order valence-electron chi connectivity index (χ0n) is 15.2. The maximum Gasteiger partial charge on any atom is 0.298 e. The van der Waals surface area contributed by atoms with Gasteiger partial charge in [-0.3, -0.25) is 9.36 Å². The van der Waals surface area contributed by atoms with Gasteiger partial charge in [-0.25, -0.2) is 9.37 Å². The molecule has 26 heavy (non-hydrogen) atoms. The first-order chi connectivity index (χ1) is 12.4. The molecule has 1 N–H and O–H groups in total. The molecule has 6 nitrogen and oxygen atoms in total. The number of ether oxygens (including phenoxy) is 2. The molecule has 3 rings (SSSR count). The van der Waals surface area contributed by atoms with E-state index in [-0.39, 0.29) is 43.0 Å². The van der Waals surface area contributed by atoms with Gasteiger partial charge in [-0.15, -0.1) is 0 Å². The first-order valence-electron chi connectivity index (χ1n) is 8.49. The maximum atomic E-state index is 13.5. The van der Waals surface area contributed by atoms with Crippen molar-refractivity contribution in [3.05, 3.63) is 57.5 Å². The SMILES string of the molecule is COCn1c(C)nc(C)c(OC[C@@H]2C[C@@]2(CO)c2cccc(F)c2)c1=O. The summed E-state index contributed by atoms with van der Waals surface area (Å²) in [5.41, 5.74) is 0.461. The molecule has 0 bridgehead atoms. The maximum absolute atomic E-state index is 13.5. The van der Waals surface area contributed by atoms with Gasteiger partial charge in [0.15, 0.2) is 0 Å². The first-order valence-corrected chi connectivity index (χ1v) is 8.49. The lowest BCUT2D eigenvalue weighted by molar-refractivity contribution is 0.123. The molecule has 2 aromatic rings. The molecule has 7 heteroatoms. The van der Waals surface area contributed by atoms with Gasteiger partial charge in [0.2, 0.25) is 5.75 Å². The second-order valence-electron chi connectivity index (χ2n) is 6.76. The fourth-order valence-electron chi connectivity index (χ4n) is 3.45. The molecule has 1 aromatic heterocycles. The van der Waals surface area contributed by atoms with Gasteiger partial charge in [-0.05, 0) is 38.0 Å². The fraction of sp³-hybridized carbons (Fsp3) is 0.474. The number of hydrogen-bond donors (Lipinski definition) is 1. The lowest BCUT2D eigenvalue weighted by Gasteiger charge is -2.17. The topological polar surface area (TPSA) is 73.6 Å². The summed E-state index contributed by atoms with van der Waals surface area (Å²) < 4.78 is 25.8. The number of nitrogens with zero attached hydrogens (tertiary/aromatic N) is 2. The van der Waals surface area contributed by atoms with E-state index < -0.39 is 5.41 Å². The minimum absolute atomic E-state index is 0.00489. The van der Waals surface area contributed by atoms with Gasteiger partial charge in [-0.1, -0.05) is 12.1 Å². The molecule has 0 amide bonds. The van der Waals surface area contributed by atoms with Crippen molar-refractivity contribution >= 4 is 0 Å². The molecular formula is C19H23FN2O4. The highest BCUT2D eigenvalue weighted by molar-refractivity contribution is 5.35. The lowest BCUT2D eigenvalue weighted by atomic mass is 9.94. The second-order valence-corrected chi connectivity index (χ2v) is 6.76. The predicted octanol–water partition coefficient (Wildman–Crippen LogP) is 1.93. The van der Waals surface area contributed by atoms with Crippen LogP contribution in [0.2, 0.25) is 0 Å². The third-order valence-electron chi connectivity index (χ3n) is 5.09. The Hall–Kier alpha value is -2.25. The average molecular weight is 362 g/mol. The van der Waals surface area contributed by atoms with Crippen LogP contribution >= 0.6 is 0 Å². The summed E-state index contributed by atoms with van der Waals surface area (Å²) in [4.78, 5) is 16.9. The van der Waals surface area contributed by atoms with Gasteiger partial charge in [0.1, 0.15) is 18.4 Å². The number of hydrogen-bond acceptors (Lipinski definition) is 5. The molecule has 140 valence electrons. The molecular weight excluding hydrogens is 339 g/mol. The van der Waals surface area contributed by atoms with Gasteiger partial charge in [-0.2, -0.15) is 0 Å². The Morgan fingerprint density at radius 1 is 1.42 bits per heavy atom. The summed E-state index contributed by atoms with van der Waals surface area (Å²) in [7, 11) is 1.51. The Balaban J connectivity index is 1.78. The van der Waals surface area contributed by atoms with Gasteiger partial charge >= 0.3 is 0 Å². The Kier molecular flexibility index (Phi) is 5.11. The number of aliphatic hydroxyl groups excluding tert-OH is 1. The van der Waals surface area contributed by atoms with Crippen molar-refractivity contribution in [3.63, 3.8) is 0 Å². The Bertz CT molecular complexity index is 867. The number of aromatic nitrogens is 2. The van der Waals surface area contributed by atoms with E-state index in [1.807, 2.05) is 6.07 Å². The van der Waals surface area contributed by atoms with Crippen molar-refractivity contribution in [2.45, 2.75) is 32.4 Å². The standard InChI is InChI=1S/C19H23FN2O4/c1-12-17(18(24)22(11-25-3)13(2)21-12)26-9-15-8-19(15,10-23)14-5-4-6-16(20)7-14/h4-7,15,23H,8-11H2,1-3H3/t15-,19+/m0/s1. The van der Waals surface area contributed by atoms with Crippen molar-refractivity contribution in [1.82, 2.24) is 9.55 Å². The van der Waals surface area contributed by atoms with Crippen molar-refractivity contribution in [1.29, 1.82) is 0 Å². The van der Waals surface area contributed by atoms with Crippen molar-refractivity contribution in [2.75, 3.05) is 20.3 Å². The summed E-state index contributed by atoms with van der Waals surface area (Å²) in [6, 6.07) is 6.27. The van der Waals surface area contributed by atoms with E-state index in [0.29, 0.717) is 17.9 Å². The molecule has 0 radical (unpaired) electrons. The van der Waals surface area contributed by atoms with E-state index in [2.05, 4.69) is 4.98 Å². The minimum Gasteiger partial charge on any atom is -0.486 e. The van der Waals surface area contributed by atoms with E-state index >= 15 is 0 Å². The van der Waals surface area contributed by atoms with Crippen molar-refractivity contribution < 1.29 is 19.0 Å². The van der Waals surface area contributed by atoms with Gasteiger partial charge < -0.3 is 14.6 Å². The van der Waals surface area contributed by atoms with Crippen LogP contribution in [0.1, 0.15) is 23.5 Å². The largest absolute Gasteiger partial charge is 0.486 e. The molecule has 0 unspecified atom stereocenters. The van der Waals surface area contributed by atoms with Crippen LogP contribution in [-0.4, -0.2) is 35.0 Å². The molecule has 0 spiro atoms. The van der Waals surface area contributed by atoms with E-state index in [9.17, 15) is 14.3 Å². The number of rotatable bonds is 7. The van der Waals surface area contributed by atoms with Gasteiger partial charge in [0.05, 0.1) is 18.9 Å². The summed E-state index contributed by atoms with van der Waals surface area (Å²) in [6.07, 6.45) is 0.678. The van der Waals surface area contributed by atoms with Crippen molar-refractivity contribution in [2.24, 2.45) is 5.92 Å². The Morgan fingerprint density at radius 3 is 2.85 bits per heavy atom. The molecule has 1 aliphatic carbocycles. The molecule has 1 aliphatic rings. The Morgan fingerprint density at radius 2 is 2.19 bits per heavy atom. The van der Waals surface area contributed by atoms with Crippen LogP contribution in [0.25, 0.3) is 0 Å². The predicted molar refractivity (Wildman–Crippen MR) is 93.7 cm³/mol. The third kappa shape index (κ3) is 3.24. The molecule has 1 heterocycles. The summed E-state index contributed by atoms with van der Waals surface area (Å²) in [5.74, 6) is 0.413. The fourth-order valence-corrected chi connectivity index (χ4v) is 3.45. The van der Waals surface area contributed by atoms with Crippen LogP contribution in [0.4, 0.5) is 4.39 Å². The number of benzene rings is 1. The number of methoxy groups -OCH3 is 1. The molecule has 1 saturated carbocycles. The number of aliphatic hydroxyl groups is 1. The van der Waals surface area contributed by atoms with E-state index in [0.717, 1.165) is 5.56 Å². The zero-order valence-corrected chi connectivity index (χ0v) is 15.2. The monoisotopic (exact) mass is 362 g/mol. The van der Waals surface area contributed by atoms with Crippen LogP contribution in [0, 0.1) is 25.6 Å².